The maximum absolute atomic E-state index is 5.96. The van der Waals surface area contributed by atoms with Gasteiger partial charge in [-0.2, -0.15) is 0 Å². The van der Waals surface area contributed by atoms with Crippen molar-refractivity contribution in [2.75, 3.05) is 5.32 Å². The van der Waals surface area contributed by atoms with Crippen molar-refractivity contribution in [2.24, 2.45) is 0 Å². The number of aromatic nitrogens is 1. The number of hydrogen-bond acceptors (Lipinski definition) is 2. The average molecular weight is 269 g/mol. The molecule has 0 spiro atoms. The van der Waals surface area contributed by atoms with Gasteiger partial charge in [-0.1, -0.05) is 35.4 Å². The number of halogens is 2. The summed E-state index contributed by atoms with van der Waals surface area (Å²) in [4.78, 5) is 4.03. The van der Waals surface area contributed by atoms with E-state index in [1.807, 2.05) is 12.1 Å². The zero-order valence-electron chi connectivity index (χ0n) is 9.48. The number of pyridine rings is 1. The van der Waals surface area contributed by atoms with E-state index in [2.05, 4.69) is 41.5 Å². The Kier molecular flexibility index (Phi) is 5.26. The van der Waals surface area contributed by atoms with Gasteiger partial charge in [0.25, 0.3) is 0 Å². The molecule has 0 aliphatic heterocycles. The molecule has 0 saturated heterocycles. The highest BCUT2D eigenvalue weighted by atomic mass is 35.5. The van der Waals surface area contributed by atoms with Crippen LogP contribution in [0.2, 0.25) is 5.15 Å². The monoisotopic (exact) mass is 268 g/mol. The maximum atomic E-state index is 5.96. The quantitative estimate of drug-likeness (QED) is 0.849. The predicted octanol–water partition coefficient (Wildman–Crippen LogP) is 4.08. The van der Waals surface area contributed by atoms with E-state index in [1.54, 1.807) is 6.20 Å². The molecule has 1 aromatic carbocycles. The summed E-state index contributed by atoms with van der Waals surface area (Å²) >= 11 is 5.96. The van der Waals surface area contributed by atoms with Crippen LogP contribution < -0.4 is 5.32 Å². The molecule has 0 aliphatic carbocycles. The Hall–Kier alpha value is -1.25. The van der Waals surface area contributed by atoms with Crippen LogP contribution >= 0.6 is 24.0 Å². The lowest BCUT2D eigenvalue weighted by Gasteiger charge is -2.07. The summed E-state index contributed by atoms with van der Waals surface area (Å²) in [5.41, 5.74) is 3.35. The molecule has 0 fully saturated rings. The van der Waals surface area contributed by atoms with Crippen molar-refractivity contribution >= 4 is 29.7 Å². The Labute approximate surface area is 112 Å². The lowest BCUT2D eigenvalue weighted by Crippen LogP contribution is -2.00. The molecule has 17 heavy (non-hydrogen) atoms. The molecule has 0 radical (unpaired) electrons. The van der Waals surface area contributed by atoms with Crippen molar-refractivity contribution in [2.45, 2.75) is 13.5 Å². The van der Waals surface area contributed by atoms with Crippen molar-refractivity contribution < 1.29 is 0 Å². The molecule has 1 N–H and O–H groups in total. The van der Waals surface area contributed by atoms with E-state index in [4.69, 9.17) is 11.6 Å². The molecule has 4 heteroatoms. The highest BCUT2D eigenvalue weighted by Crippen LogP contribution is 2.14. The fourth-order valence-electron chi connectivity index (χ4n) is 1.42. The highest BCUT2D eigenvalue weighted by molar-refractivity contribution is 6.30. The smallest absolute Gasteiger partial charge is 0.133 e. The summed E-state index contributed by atoms with van der Waals surface area (Å²) in [7, 11) is 0. The Bertz CT molecular complexity index is 469. The number of anilines is 1. The number of aryl methyl sites for hydroxylation is 1. The van der Waals surface area contributed by atoms with E-state index in [0.29, 0.717) is 11.7 Å². The zero-order chi connectivity index (χ0) is 11.4. The van der Waals surface area contributed by atoms with Crippen LogP contribution in [-0.4, -0.2) is 4.98 Å². The van der Waals surface area contributed by atoms with E-state index in [9.17, 15) is 0 Å². The fourth-order valence-corrected chi connectivity index (χ4v) is 1.61. The summed E-state index contributed by atoms with van der Waals surface area (Å²) in [6.45, 7) is 2.76. The highest BCUT2D eigenvalue weighted by Gasteiger charge is 1.99. The Morgan fingerprint density at radius 1 is 1.18 bits per heavy atom. The maximum Gasteiger partial charge on any atom is 0.133 e. The topological polar surface area (TPSA) is 24.9 Å². The van der Waals surface area contributed by atoms with E-state index < -0.39 is 0 Å². The molecule has 0 amide bonds. The van der Waals surface area contributed by atoms with Gasteiger partial charge in [0.05, 0.1) is 0 Å². The van der Waals surface area contributed by atoms with E-state index in [1.165, 1.54) is 5.56 Å². The van der Waals surface area contributed by atoms with Crippen LogP contribution in [0.4, 0.5) is 5.69 Å². The third-order valence-electron chi connectivity index (χ3n) is 2.37. The molecule has 0 bridgehead atoms. The Morgan fingerprint density at radius 3 is 2.53 bits per heavy atom. The lowest BCUT2D eigenvalue weighted by molar-refractivity contribution is 1.11. The Morgan fingerprint density at radius 2 is 1.88 bits per heavy atom. The minimum absolute atomic E-state index is 0. The predicted molar refractivity (Wildman–Crippen MR) is 75.0 cm³/mol. The molecule has 0 unspecified atom stereocenters. The SMILES string of the molecule is Cc1ccc(NCc2cccnc2Cl)cc1.Cl. The first-order valence-electron chi connectivity index (χ1n) is 5.15. The van der Waals surface area contributed by atoms with Crippen LogP contribution in [0.15, 0.2) is 42.6 Å². The number of hydrogen-bond donors (Lipinski definition) is 1. The van der Waals surface area contributed by atoms with Crippen molar-refractivity contribution in [1.29, 1.82) is 0 Å². The van der Waals surface area contributed by atoms with Gasteiger partial charge in [-0.25, -0.2) is 4.98 Å². The second-order valence-electron chi connectivity index (χ2n) is 3.67. The summed E-state index contributed by atoms with van der Waals surface area (Å²) in [6, 6.07) is 12.1. The standard InChI is InChI=1S/C13H13ClN2.ClH/c1-10-4-6-12(7-5-10)16-9-11-3-2-8-15-13(11)14;/h2-8,16H,9H2,1H3;1H. The van der Waals surface area contributed by atoms with E-state index >= 15 is 0 Å². The second-order valence-corrected chi connectivity index (χ2v) is 4.03. The summed E-state index contributed by atoms with van der Waals surface area (Å²) in [5.74, 6) is 0. The molecular weight excluding hydrogens is 255 g/mol. The summed E-state index contributed by atoms with van der Waals surface area (Å²) in [6.07, 6.45) is 1.69. The van der Waals surface area contributed by atoms with Crippen LogP contribution in [0.25, 0.3) is 0 Å². The third-order valence-corrected chi connectivity index (χ3v) is 2.71. The van der Waals surface area contributed by atoms with Gasteiger partial charge in [0.2, 0.25) is 0 Å². The van der Waals surface area contributed by atoms with Gasteiger partial charge in [0, 0.05) is 24.0 Å². The fraction of sp³-hybridized carbons (Fsp3) is 0.154. The van der Waals surface area contributed by atoms with Gasteiger partial charge in [-0.15, -0.1) is 12.4 Å². The first-order valence-corrected chi connectivity index (χ1v) is 5.53. The molecule has 2 rings (SSSR count). The number of nitrogens with one attached hydrogen (secondary N) is 1. The molecule has 1 heterocycles. The molecule has 2 aromatic rings. The normalized spacial score (nSPS) is 9.53. The number of benzene rings is 1. The van der Waals surface area contributed by atoms with Crippen molar-refractivity contribution in [3.8, 4) is 0 Å². The average Bonchev–Trinajstić information content (AvgIpc) is 2.30. The summed E-state index contributed by atoms with van der Waals surface area (Å²) < 4.78 is 0. The van der Waals surface area contributed by atoms with Crippen LogP contribution in [0.3, 0.4) is 0 Å². The van der Waals surface area contributed by atoms with Crippen LogP contribution in [-0.2, 0) is 6.54 Å². The molecule has 0 atom stereocenters. The van der Waals surface area contributed by atoms with Crippen LogP contribution in [0.1, 0.15) is 11.1 Å². The number of rotatable bonds is 3. The molecule has 0 aliphatic rings. The van der Waals surface area contributed by atoms with Crippen LogP contribution in [0.5, 0.6) is 0 Å². The minimum Gasteiger partial charge on any atom is -0.381 e. The molecule has 90 valence electrons. The zero-order valence-corrected chi connectivity index (χ0v) is 11.1. The van der Waals surface area contributed by atoms with E-state index in [-0.39, 0.29) is 12.4 Å². The van der Waals surface area contributed by atoms with Gasteiger partial charge in [-0.3, -0.25) is 0 Å². The first kappa shape index (κ1) is 13.8. The second kappa shape index (κ2) is 6.48. The molecule has 2 nitrogen and oxygen atoms in total. The van der Waals surface area contributed by atoms with Crippen molar-refractivity contribution in [3.05, 3.63) is 58.9 Å². The van der Waals surface area contributed by atoms with Crippen molar-refractivity contribution in [3.63, 3.8) is 0 Å². The molecule has 1 aromatic heterocycles. The largest absolute Gasteiger partial charge is 0.381 e. The van der Waals surface area contributed by atoms with Gasteiger partial charge in [0.1, 0.15) is 5.15 Å². The van der Waals surface area contributed by atoms with Crippen molar-refractivity contribution in [1.82, 2.24) is 4.98 Å². The minimum atomic E-state index is 0. The Balaban J connectivity index is 0.00000144. The van der Waals surface area contributed by atoms with Gasteiger partial charge < -0.3 is 5.32 Å². The number of nitrogens with zero attached hydrogens (tertiary/aromatic N) is 1. The summed E-state index contributed by atoms with van der Waals surface area (Å²) in [5, 5.41) is 3.86. The lowest BCUT2D eigenvalue weighted by atomic mass is 10.2. The van der Waals surface area contributed by atoms with Gasteiger partial charge in [-0.05, 0) is 25.1 Å². The van der Waals surface area contributed by atoms with Gasteiger partial charge in [0.15, 0.2) is 0 Å². The molecular formula is C13H14Cl2N2. The van der Waals surface area contributed by atoms with Gasteiger partial charge >= 0.3 is 0 Å². The van der Waals surface area contributed by atoms with Crippen LogP contribution in [0, 0.1) is 6.92 Å². The van der Waals surface area contributed by atoms with E-state index in [0.717, 1.165) is 11.3 Å². The molecule has 0 saturated carbocycles. The third kappa shape index (κ3) is 3.91. The first-order chi connectivity index (χ1) is 7.75.